The summed E-state index contributed by atoms with van der Waals surface area (Å²) < 4.78 is 0. The molecule has 1 atom stereocenters. The Morgan fingerprint density at radius 1 is 0.839 bits per heavy atom. The first-order chi connectivity index (χ1) is 15.2. The Hall–Kier alpha value is -3.57. The van der Waals surface area contributed by atoms with Crippen LogP contribution in [0.15, 0.2) is 85.6 Å². The van der Waals surface area contributed by atoms with Gasteiger partial charge in [0.25, 0.3) is 0 Å². The summed E-state index contributed by atoms with van der Waals surface area (Å²) in [6, 6.07) is 17.4. The van der Waals surface area contributed by atoms with E-state index in [1.54, 1.807) is 24.8 Å². The van der Waals surface area contributed by atoms with E-state index < -0.39 is 5.41 Å². The molecule has 1 amide bonds. The number of fused-ring (bicyclic) bond motifs is 1. The van der Waals surface area contributed by atoms with Crippen LogP contribution >= 0.6 is 11.6 Å². The van der Waals surface area contributed by atoms with Crippen LogP contribution in [0.25, 0.3) is 11.1 Å². The van der Waals surface area contributed by atoms with E-state index in [4.69, 9.17) is 11.6 Å². The van der Waals surface area contributed by atoms with Crippen LogP contribution < -0.4 is 5.32 Å². The number of rotatable bonds is 5. The predicted molar refractivity (Wildman–Crippen MR) is 121 cm³/mol. The van der Waals surface area contributed by atoms with Crippen molar-refractivity contribution in [1.29, 1.82) is 0 Å². The van der Waals surface area contributed by atoms with E-state index in [1.165, 1.54) is 0 Å². The van der Waals surface area contributed by atoms with Gasteiger partial charge in [-0.15, -0.1) is 0 Å². The maximum absolute atomic E-state index is 13.6. The lowest BCUT2D eigenvalue weighted by Crippen LogP contribution is -2.39. The quantitative estimate of drug-likeness (QED) is 0.494. The maximum atomic E-state index is 13.6. The molecule has 5 nitrogen and oxygen atoms in total. The first-order valence-electron chi connectivity index (χ1n) is 10.0. The number of carbonyl (C=O) groups excluding carboxylic acids is 1. The molecule has 0 fully saturated rings. The van der Waals surface area contributed by atoms with E-state index in [-0.39, 0.29) is 5.91 Å². The summed E-state index contributed by atoms with van der Waals surface area (Å²) in [7, 11) is 0. The third-order valence-electron chi connectivity index (χ3n) is 5.74. The summed E-state index contributed by atoms with van der Waals surface area (Å²) in [4.78, 5) is 26.5. The number of carbonyl (C=O) groups is 1. The van der Waals surface area contributed by atoms with Crippen LogP contribution in [0.4, 0.5) is 5.82 Å². The highest BCUT2D eigenvalue weighted by molar-refractivity contribution is 6.30. The Kier molecular flexibility index (Phi) is 4.96. The molecule has 0 aliphatic carbocycles. The Labute approximate surface area is 185 Å². The number of nitrogens with zero attached hydrogens (tertiary/aromatic N) is 3. The van der Waals surface area contributed by atoms with E-state index in [0.29, 0.717) is 23.7 Å². The Morgan fingerprint density at radius 3 is 2.35 bits per heavy atom. The average molecular weight is 427 g/mol. The van der Waals surface area contributed by atoms with Gasteiger partial charge in [0, 0.05) is 41.6 Å². The molecule has 0 radical (unpaired) electrons. The summed E-state index contributed by atoms with van der Waals surface area (Å²) in [6.07, 6.45) is 9.83. The Morgan fingerprint density at radius 2 is 1.61 bits per heavy atom. The fourth-order valence-corrected chi connectivity index (χ4v) is 4.48. The van der Waals surface area contributed by atoms with Gasteiger partial charge in [-0.2, -0.15) is 0 Å². The van der Waals surface area contributed by atoms with Gasteiger partial charge >= 0.3 is 0 Å². The molecule has 3 aromatic heterocycles. The predicted octanol–water partition coefficient (Wildman–Crippen LogP) is 4.87. The fraction of sp³-hybridized carbons (Fsp3) is 0.120. The monoisotopic (exact) mass is 426 g/mol. The van der Waals surface area contributed by atoms with E-state index >= 15 is 0 Å². The van der Waals surface area contributed by atoms with Crippen molar-refractivity contribution >= 4 is 23.3 Å². The van der Waals surface area contributed by atoms with Crippen molar-refractivity contribution < 1.29 is 4.79 Å². The van der Waals surface area contributed by atoms with Gasteiger partial charge in [0.15, 0.2) is 0 Å². The maximum Gasteiger partial charge on any atom is 0.237 e. The van der Waals surface area contributed by atoms with Crippen molar-refractivity contribution in [3.8, 4) is 11.1 Å². The van der Waals surface area contributed by atoms with Gasteiger partial charge in [-0.25, -0.2) is 4.98 Å². The second-order valence-electron chi connectivity index (χ2n) is 7.70. The molecule has 1 N–H and O–H groups in total. The second kappa shape index (κ2) is 7.93. The van der Waals surface area contributed by atoms with Crippen molar-refractivity contribution in [2.24, 2.45) is 0 Å². The van der Waals surface area contributed by atoms with Crippen LogP contribution in [0, 0.1) is 0 Å². The lowest BCUT2D eigenvalue weighted by molar-refractivity contribution is -0.120. The van der Waals surface area contributed by atoms with Gasteiger partial charge in [0.2, 0.25) is 5.91 Å². The van der Waals surface area contributed by atoms with Crippen LogP contribution in [-0.2, 0) is 23.1 Å². The van der Waals surface area contributed by atoms with E-state index in [1.807, 2.05) is 60.8 Å². The number of aromatic nitrogens is 3. The molecule has 152 valence electrons. The molecule has 1 aromatic carbocycles. The first-order valence-corrected chi connectivity index (χ1v) is 10.4. The minimum absolute atomic E-state index is 0.0583. The number of benzene rings is 1. The Balaban J connectivity index is 1.72. The molecule has 0 spiro atoms. The second-order valence-corrected chi connectivity index (χ2v) is 8.13. The normalized spacial score (nSPS) is 17.3. The molecule has 4 aromatic rings. The number of amides is 1. The zero-order valence-corrected chi connectivity index (χ0v) is 17.4. The summed E-state index contributed by atoms with van der Waals surface area (Å²) in [6.45, 7) is 0. The summed E-state index contributed by atoms with van der Waals surface area (Å²) in [5.41, 5.74) is 4.06. The van der Waals surface area contributed by atoms with Crippen LogP contribution in [0.5, 0.6) is 0 Å². The van der Waals surface area contributed by atoms with Crippen molar-refractivity contribution in [1.82, 2.24) is 15.0 Å². The molecule has 0 bridgehead atoms. The summed E-state index contributed by atoms with van der Waals surface area (Å²) in [5, 5.41) is 3.71. The van der Waals surface area contributed by atoms with Crippen LogP contribution in [0.3, 0.4) is 0 Å². The third-order valence-corrected chi connectivity index (χ3v) is 5.99. The molecule has 0 saturated carbocycles. The lowest BCUT2D eigenvalue weighted by atomic mass is 9.71. The number of hydrogen-bond acceptors (Lipinski definition) is 4. The van der Waals surface area contributed by atoms with E-state index in [0.717, 1.165) is 27.8 Å². The molecule has 1 unspecified atom stereocenters. The van der Waals surface area contributed by atoms with Crippen molar-refractivity contribution in [2.75, 3.05) is 5.32 Å². The SMILES string of the molecule is O=C1Nc2nccc(-c3ccc(Cl)cc3)c2C1(Cc1ccncc1)Cc1cccnc1. The van der Waals surface area contributed by atoms with Gasteiger partial charge in [-0.3, -0.25) is 14.8 Å². The number of nitrogens with one attached hydrogen (secondary N) is 1. The van der Waals surface area contributed by atoms with Crippen LogP contribution in [0.1, 0.15) is 16.7 Å². The van der Waals surface area contributed by atoms with E-state index in [2.05, 4.69) is 20.3 Å². The van der Waals surface area contributed by atoms with Gasteiger partial charge in [0.05, 0.1) is 5.41 Å². The number of pyridine rings is 3. The zero-order valence-electron chi connectivity index (χ0n) is 16.6. The standard InChI is InChI=1S/C25H19ClN4O/c26-20-5-3-19(4-6-20)21-9-13-29-23-22(21)25(24(31)30-23,14-17-7-11-27-12-8-17)15-18-2-1-10-28-16-18/h1-13,16H,14-15H2,(H,29,30,31). The minimum atomic E-state index is -0.830. The highest BCUT2D eigenvalue weighted by atomic mass is 35.5. The molecule has 6 heteroatoms. The molecule has 0 saturated heterocycles. The smallest absolute Gasteiger partial charge is 0.237 e. The Bertz CT molecular complexity index is 1190. The molecular formula is C25H19ClN4O. The van der Waals surface area contributed by atoms with Gasteiger partial charge in [0.1, 0.15) is 5.82 Å². The fourth-order valence-electron chi connectivity index (χ4n) is 4.35. The lowest BCUT2D eigenvalue weighted by Gasteiger charge is -2.29. The van der Waals surface area contributed by atoms with Crippen LogP contribution in [0.2, 0.25) is 5.02 Å². The number of halogens is 1. The van der Waals surface area contributed by atoms with Crippen molar-refractivity contribution in [3.05, 3.63) is 107 Å². The zero-order chi connectivity index (χ0) is 21.3. The number of anilines is 1. The van der Waals surface area contributed by atoms with Gasteiger partial charge in [-0.1, -0.05) is 29.8 Å². The molecule has 1 aliphatic heterocycles. The summed E-state index contributed by atoms with van der Waals surface area (Å²) in [5.74, 6) is 0.549. The first kappa shape index (κ1) is 19.4. The molecular weight excluding hydrogens is 408 g/mol. The third kappa shape index (κ3) is 3.57. The molecule has 4 heterocycles. The highest BCUT2D eigenvalue weighted by Gasteiger charge is 2.49. The van der Waals surface area contributed by atoms with Crippen molar-refractivity contribution in [3.63, 3.8) is 0 Å². The van der Waals surface area contributed by atoms with Crippen molar-refractivity contribution in [2.45, 2.75) is 18.3 Å². The van der Waals surface area contributed by atoms with Gasteiger partial charge < -0.3 is 5.32 Å². The average Bonchev–Trinajstić information content (AvgIpc) is 3.07. The highest BCUT2D eigenvalue weighted by Crippen LogP contribution is 2.46. The molecule has 5 rings (SSSR count). The van der Waals surface area contributed by atoms with Crippen LogP contribution in [-0.4, -0.2) is 20.9 Å². The molecule has 1 aliphatic rings. The number of hydrogen-bond donors (Lipinski definition) is 1. The van der Waals surface area contributed by atoms with Gasteiger partial charge in [-0.05, 0) is 71.5 Å². The summed E-state index contributed by atoms with van der Waals surface area (Å²) >= 11 is 6.12. The van der Waals surface area contributed by atoms with E-state index in [9.17, 15) is 4.79 Å². The molecule has 31 heavy (non-hydrogen) atoms. The largest absolute Gasteiger partial charge is 0.310 e. The topological polar surface area (TPSA) is 67.8 Å². The minimum Gasteiger partial charge on any atom is -0.310 e.